The summed E-state index contributed by atoms with van der Waals surface area (Å²) in [6, 6.07) is 2.14. The Labute approximate surface area is 145 Å². The average molecular weight is 351 g/mol. The van der Waals surface area contributed by atoms with Gasteiger partial charge in [-0.3, -0.25) is 4.68 Å². The Bertz CT molecular complexity index is 482. The minimum Gasteiger partial charge on any atom is -0.387 e. The highest BCUT2D eigenvalue weighted by Gasteiger charge is 2.43. The topological polar surface area (TPSA) is 62.1 Å². The van der Waals surface area contributed by atoms with Crippen LogP contribution in [0.4, 0.5) is 0 Å². The fourth-order valence-electron chi connectivity index (χ4n) is 3.16. The third-order valence-corrected chi connectivity index (χ3v) is 4.72. The molecular formula is C15H28Cl2N4O. The number of rotatable bonds is 6. The first-order valence-electron chi connectivity index (χ1n) is 7.65. The standard InChI is InChI=1S/C15H26N4O.2ClH/c1-12-7-13(2)19(18-12)11-14(3-4-14)8-17-10-15(20)5-6-16-9-15;;/h7,16-17,20H,3-6,8-11H2,1-2H3;2*1H. The van der Waals surface area contributed by atoms with Crippen LogP contribution in [-0.2, 0) is 6.54 Å². The van der Waals surface area contributed by atoms with Crippen LogP contribution in [0.2, 0.25) is 0 Å². The SMILES string of the molecule is Cc1cc(C)n(CC2(CNCC3(O)CCNC3)CC2)n1.Cl.Cl. The van der Waals surface area contributed by atoms with Gasteiger partial charge in [0.1, 0.15) is 0 Å². The first-order chi connectivity index (χ1) is 9.50. The first kappa shape index (κ1) is 19.7. The highest BCUT2D eigenvalue weighted by Crippen LogP contribution is 2.46. The number of aliphatic hydroxyl groups is 1. The Balaban J connectivity index is 0.00000121. The van der Waals surface area contributed by atoms with E-state index in [0.717, 1.165) is 31.7 Å². The van der Waals surface area contributed by atoms with Crippen molar-refractivity contribution in [2.45, 2.75) is 45.3 Å². The molecular weight excluding hydrogens is 323 g/mol. The zero-order valence-corrected chi connectivity index (χ0v) is 15.0. The average Bonchev–Trinajstić information content (AvgIpc) is 2.87. The van der Waals surface area contributed by atoms with Crippen molar-refractivity contribution in [1.29, 1.82) is 0 Å². The van der Waals surface area contributed by atoms with Crippen LogP contribution in [0.5, 0.6) is 0 Å². The predicted molar refractivity (Wildman–Crippen MR) is 93.2 cm³/mol. The molecule has 2 aliphatic rings. The minimum atomic E-state index is -0.547. The highest BCUT2D eigenvalue weighted by molar-refractivity contribution is 5.85. The maximum Gasteiger partial charge on any atom is 0.0907 e. The van der Waals surface area contributed by atoms with Crippen molar-refractivity contribution in [3.8, 4) is 0 Å². The van der Waals surface area contributed by atoms with E-state index < -0.39 is 5.60 Å². The summed E-state index contributed by atoms with van der Waals surface area (Å²) in [5, 5.41) is 21.6. The summed E-state index contributed by atoms with van der Waals surface area (Å²) in [7, 11) is 0. The van der Waals surface area contributed by atoms with Gasteiger partial charge >= 0.3 is 0 Å². The Morgan fingerprint density at radius 3 is 2.50 bits per heavy atom. The second kappa shape index (κ2) is 7.49. The number of aryl methyl sites for hydroxylation is 2. The molecule has 1 aliphatic carbocycles. The highest BCUT2D eigenvalue weighted by atomic mass is 35.5. The van der Waals surface area contributed by atoms with Crippen LogP contribution in [0.3, 0.4) is 0 Å². The molecule has 3 rings (SSSR count). The molecule has 2 heterocycles. The number of nitrogens with one attached hydrogen (secondary N) is 2. The quantitative estimate of drug-likeness (QED) is 0.726. The van der Waals surface area contributed by atoms with E-state index in [2.05, 4.69) is 33.4 Å². The smallest absolute Gasteiger partial charge is 0.0907 e. The van der Waals surface area contributed by atoms with Crippen molar-refractivity contribution >= 4 is 24.8 Å². The molecule has 7 heteroatoms. The lowest BCUT2D eigenvalue weighted by Crippen LogP contribution is -2.44. The van der Waals surface area contributed by atoms with Crippen LogP contribution < -0.4 is 10.6 Å². The molecule has 1 atom stereocenters. The molecule has 5 nitrogen and oxygen atoms in total. The fraction of sp³-hybridized carbons (Fsp3) is 0.800. The summed E-state index contributed by atoms with van der Waals surface area (Å²) in [6.45, 7) is 8.47. The zero-order valence-electron chi connectivity index (χ0n) is 13.4. The monoisotopic (exact) mass is 350 g/mol. The third-order valence-electron chi connectivity index (χ3n) is 4.72. The van der Waals surface area contributed by atoms with Gasteiger partial charge in [0.25, 0.3) is 0 Å². The van der Waals surface area contributed by atoms with E-state index in [0.29, 0.717) is 18.5 Å². The Hall–Kier alpha value is -0.330. The lowest BCUT2D eigenvalue weighted by atomic mass is 10.0. The summed E-state index contributed by atoms with van der Waals surface area (Å²) < 4.78 is 2.13. The number of halogens is 2. The van der Waals surface area contributed by atoms with Gasteiger partial charge in [0.05, 0.1) is 11.3 Å². The van der Waals surface area contributed by atoms with Crippen molar-refractivity contribution in [2.75, 3.05) is 26.2 Å². The van der Waals surface area contributed by atoms with E-state index >= 15 is 0 Å². The van der Waals surface area contributed by atoms with E-state index in [4.69, 9.17) is 0 Å². The third kappa shape index (κ3) is 4.59. The molecule has 128 valence electrons. The van der Waals surface area contributed by atoms with Gasteiger partial charge in [-0.25, -0.2) is 0 Å². The maximum atomic E-state index is 10.3. The summed E-state index contributed by atoms with van der Waals surface area (Å²) in [6.07, 6.45) is 3.37. The van der Waals surface area contributed by atoms with Gasteiger partial charge < -0.3 is 15.7 Å². The number of hydrogen-bond acceptors (Lipinski definition) is 4. The van der Waals surface area contributed by atoms with Crippen LogP contribution in [0.25, 0.3) is 0 Å². The van der Waals surface area contributed by atoms with Crippen LogP contribution in [0, 0.1) is 19.3 Å². The zero-order chi connectivity index (χ0) is 14.2. The lowest BCUT2D eigenvalue weighted by Gasteiger charge is -2.24. The summed E-state index contributed by atoms with van der Waals surface area (Å²) >= 11 is 0. The van der Waals surface area contributed by atoms with Gasteiger partial charge in [0, 0.05) is 37.3 Å². The molecule has 2 fully saturated rings. The van der Waals surface area contributed by atoms with E-state index in [1.165, 1.54) is 18.5 Å². The molecule has 1 saturated carbocycles. The molecule has 0 radical (unpaired) electrons. The maximum absolute atomic E-state index is 10.3. The van der Waals surface area contributed by atoms with Crippen LogP contribution >= 0.6 is 24.8 Å². The Morgan fingerprint density at radius 1 is 1.27 bits per heavy atom. The molecule has 0 bridgehead atoms. The van der Waals surface area contributed by atoms with Crippen LogP contribution in [0.1, 0.15) is 30.7 Å². The van der Waals surface area contributed by atoms with Crippen molar-refractivity contribution in [3.63, 3.8) is 0 Å². The molecule has 0 aromatic carbocycles. The molecule has 22 heavy (non-hydrogen) atoms. The molecule has 3 N–H and O–H groups in total. The largest absolute Gasteiger partial charge is 0.387 e. The van der Waals surface area contributed by atoms with Crippen molar-refractivity contribution in [2.24, 2.45) is 5.41 Å². The number of nitrogens with zero attached hydrogens (tertiary/aromatic N) is 2. The summed E-state index contributed by atoms with van der Waals surface area (Å²) in [5.41, 5.74) is 2.14. The summed E-state index contributed by atoms with van der Waals surface area (Å²) in [4.78, 5) is 0. The number of β-amino-alcohol motifs (C(OH)–C–C–N with tert-alkyl or cyclic N) is 1. The molecule has 0 spiro atoms. The predicted octanol–water partition coefficient (Wildman–Crippen LogP) is 1.44. The second-order valence-corrected chi connectivity index (χ2v) is 6.84. The van der Waals surface area contributed by atoms with Crippen molar-refractivity contribution < 1.29 is 5.11 Å². The molecule has 1 aromatic rings. The summed E-state index contributed by atoms with van der Waals surface area (Å²) in [5.74, 6) is 0. The van der Waals surface area contributed by atoms with E-state index in [-0.39, 0.29) is 24.8 Å². The van der Waals surface area contributed by atoms with Gasteiger partial charge in [-0.15, -0.1) is 24.8 Å². The molecule has 1 aliphatic heterocycles. The van der Waals surface area contributed by atoms with E-state index in [1.54, 1.807) is 0 Å². The normalized spacial score (nSPS) is 25.4. The van der Waals surface area contributed by atoms with Gasteiger partial charge in [-0.1, -0.05) is 0 Å². The Kier molecular flexibility index (Phi) is 6.72. The van der Waals surface area contributed by atoms with Gasteiger partial charge in [0.15, 0.2) is 0 Å². The molecule has 1 aromatic heterocycles. The van der Waals surface area contributed by atoms with Crippen LogP contribution in [-0.4, -0.2) is 46.7 Å². The minimum absolute atomic E-state index is 0. The fourth-order valence-corrected chi connectivity index (χ4v) is 3.16. The number of aromatic nitrogens is 2. The molecule has 1 unspecified atom stereocenters. The van der Waals surface area contributed by atoms with Gasteiger partial charge in [0.2, 0.25) is 0 Å². The lowest BCUT2D eigenvalue weighted by molar-refractivity contribution is 0.0595. The van der Waals surface area contributed by atoms with E-state index in [1.807, 2.05) is 6.92 Å². The van der Waals surface area contributed by atoms with Gasteiger partial charge in [-0.2, -0.15) is 5.10 Å². The molecule has 1 saturated heterocycles. The second-order valence-electron chi connectivity index (χ2n) is 6.84. The first-order valence-corrected chi connectivity index (χ1v) is 7.65. The van der Waals surface area contributed by atoms with Crippen molar-refractivity contribution in [3.05, 3.63) is 17.5 Å². The number of hydrogen-bond donors (Lipinski definition) is 3. The Morgan fingerprint density at radius 2 is 2.00 bits per heavy atom. The van der Waals surface area contributed by atoms with Crippen LogP contribution in [0.15, 0.2) is 6.07 Å². The van der Waals surface area contributed by atoms with E-state index in [9.17, 15) is 5.11 Å². The van der Waals surface area contributed by atoms with Gasteiger partial charge in [-0.05, 0) is 45.7 Å². The molecule has 0 amide bonds. The van der Waals surface area contributed by atoms with Crippen molar-refractivity contribution in [1.82, 2.24) is 20.4 Å².